The van der Waals surface area contributed by atoms with Gasteiger partial charge in [0, 0.05) is 10.8 Å². The Morgan fingerprint density at radius 1 is 0.0962 bits per heavy atom. The zero-order valence-corrected chi connectivity index (χ0v) is 71.1. The smallest absolute Gasteiger partial charge is 0.0499 e. The highest BCUT2D eigenvalue weighted by atomic mass is 14.6. The van der Waals surface area contributed by atoms with Gasteiger partial charge in [-0.25, -0.2) is 0 Å². The molecule has 6 rings (SSSR count). The van der Waals surface area contributed by atoms with Crippen LogP contribution in [-0.4, -0.2) is 0 Å². The molecule has 0 N–H and O–H groups in total. The molecule has 0 aliphatic heterocycles. The highest BCUT2D eigenvalue weighted by Gasteiger charge is 2.61. The molecule has 0 heterocycles. The quantitative estimate of drug-likeness (QED) is 0.223. The van der Waals surface area contributed by atoms with Crippen LogP contribution in [0.2, 0.25) is 0 Å². The Labute approximate surface area is 654 Å². The minimum Gasteiger partial charge on any atom is -0.0841 e. The Bertz CT molecular complexity index is 1740. The van der Waals surface area contributed by atoms with Gasteiger partial charge in [0.05, 0.1) is 0 Å². The first kappa shape index (κ1) is 91.3. The first-order valence-corrected chi connectivity index (χ1v) is 50.1. The van der Waals surface area contributed by atoms with Crippen molar-refractivity contribution < 1.29 is 0 Å². The summed E-state index contributed by atoms with van der Waals surface area (Å²) in [6, 6.07) is 0. The van der Waals surface area contributed by atoms with Gasteiger partial charge in [-0.15, -0.1) is 0 Å². The van der Waals surface area contributed by atoms with Crippen LogP contribution >= 0.6 is 0 Å². The molecule has 0 bridgehead atoms. The van der Waals surface area contributed by atoms with E-state index in [2.05, 4.69) is 36.5 Å². The average molecular weight is 1440 g/mol. The molecule has 6 aliphatic rings. The van der Waals surface area contributed by atoms with Gasteiger partial charge in [0.2, 0.25) is 0 Å². The maximum atomic E-state index is 3.23. The van der Waals surface area contributed by atoms with Crippen molar-refractivity contribution in [1.29, 1.82) is 0 Å². The molecule has 0 aromatic carbocycles. The monoisotopic (exact) mass is 1440 g/mol. The molecule has 104 heavy (non-hydrogen) atoms. The Kier molecular flexibility index (Phi) is 58.0. The normalized spacial score (nSPS) is 25.6. The number of hydrogen-bond donors (Lipinski definition) is 0. The van der Waals surface area contributed by atoms with Crippen molar-refractivity contribution in [2.24, 2.45) is 10.8 Å². The van der Waals surface area contributed by atoms with Crippen molar-refractivity contribution in [3.8, 4) is 0 Å². The summed E-state index contributed by atoms with van der Waals surface area (Å²) in [5, 5.41) is 0. The van der Waals surface area contributed by atoms with E-state index in [0.29, 0.717) is 0 Å². The van der Waals surface area contributed by atoms with Crippen LogP contribution in [0.15, 0.2) is 69.9 Å². The summed E-state index contributed by atoms with van der Waals surface area (Å²) >= 11 is 0. The van der Waals surface area contributed by atoms with Gasteiger partial charge in [0.1, 0.15) is 0 Å². The summed E-state index contributed by atoms with van der Waals surface area (Å²) in [7, 11) is 0. The van der Waals surface area contributed by atoms with Crippen LogP contribution in [0.3, 0.4) is 0 Å². The first-order chi connectivity index (χ1) is 51.9. The maximum Gasteiger partial charge on any atom is 0.0499 e. The molecule has 6 aliphatic carbocycles. The summed E-state index contributed by atoms with van der Waals surface area (Å²) in [4.78, 5) is 0. The number of rotatable bonds is 7. The van der Waals surface area contributed by atoms with E-state index in [1.54, 1.807) is 0 Å². The van der Waals surface area contributed by atoms with Crippen LogP contribution in [0.25, 0.3) is 0 Å². The average Bonchev–Trinajstić information content (AvgIpc) is 0.690. The number of hydrogen-bond acceptors (Lipinski definition) is 0. The second-order valence-electron chi connectivity index (χ2n) is 36.7. The molecule has 0 fully saturated rings. The van der Waals surface area contributed by atoms with Crippen LogP contribution < -0.4 is 0 Å². The zero-order valence-electron chi connectivity index (χ0n) is 71.1. The lowest BCUT2D eigenvalue weighted by Crippen LogP contribution is -2.51. The molecule has 0 spiro atoms. The van der Waals surface area contributed by atoms with E-state index in [1.165, 1.54) is 578 Å². The molecular formula is C104H186. The molecule has 0 amide bonds. The highest BCUT2D eigenvalue weighted by molar-refractivity contribution is 5.60. The second-order valence-corrected chi connectivity index (χ2v) is 36.7. The van der Waals surface area contributed by atoms with Crippen molar-refractivity contribution in [2.75, 3.05) is 0 Å². The minimum absolute atomic E-state index is 0.207. The van der Waals surface area contributed by atoms with Crippen molar-refractivity contribution in [3.05, 3.63) is 69.9 Å². The van der Waals surface area contributed by atoms with Crippen LogP contribution in [0, 0.1) is 10.8 Å². The summed E-state index contributed by atoms with van der Waals surface area (Å²) in [6.45, 7) is 0. The molecule has 0 saturated carbocycles. The van der Waals surface area contributed by atoms with E-state index in [1.807, 2.05) is 33.4 Å². The van der Waals surface area contributed by atoms with Crippen molar-refractivity contribution in [3.63, 3.8) is 0 Å². The topological polar surface area (TPSA) is 0 Å². The van der Waals surface area contributed by atoms with Crippen molar-refractivity contribution in [1.82, 2.24) is 0 Å². The Morgan fingerprint density at radius 2 is 0.173 bits per heavy atom. The molecule has 0 unspecified atom stereocenters. The van der Waals surface area contributed by atoms with Gasteiger partial charge in [-0.1, -0.05) is 494 Å². The molecule has 602 valence electrons. The van der Waals surface area contributed by atoms with Crippen LogP contribution in [0.4, 0.5) is 0 Å². The van der Waals surface area contributed by atoms with Gasteiger partial charge in [0.25, 0.3) is 0 Å². The first-order valence-electron chi connectivity index (χ1n) is 50.1. The fraction of sp³-hybridized carbons (Fsp3) is 0.885. The Hall–Kier alpha value is -1.56. The minimum atomic E-state index is -0.207. The van der Waals surface area contributed by atoms with Gasteiger partial charge in [-0.2, -0.15) is 0 Å². The van der Waals surface area contributed by atoms with E-state index in [4.69, 9.17) is 0 Å². The van der Waals surface area contributed by atoms with Crippen LogP contribution in [-0.2, 0) is 0 Å². The van der Waals surface area contributed by atoms with E-state index >= 15 is 0 Å². The Balaban J connectivity index is 1.88. The third kappa shape index (κ3) is 40.1. The molecular weight excluding hydrogens is 1250 g/mol. The molecule has 0 aromatic heterocycles. The molecule has 0 aromatic rings. The Morgan fingerprint density at radius 3 is 0.269 bits per heavy atom. The number of allylic oxidation sites excluding steroid dienone is 12. The highest BCUT2D eigenvalue weighted by Crippen LogP contribution is 2.70. The third-order valence-electron chi connectivity index (χ3n) is 27.7. The SMILES string of the molecule is C1=C(C(C2=CCCCCCCCCCCCCCCC2)(C2=CCCCCCCCCCCCCCCC2)C(C2=CCCCCCCCCCCCCCCC2)(C2=CCCCCCCCCCCCCCCC2)C2=CCCCCCCCCCCCCCCC2)CCCCCCCCCCCCCCC1. The molecule has 0 nitrogen and oxygen atoms in total. The van der Waals surface area contributed by atoms with Gasteiger partial charge < -0.3 is 0 Å². The largest absolute Gasteiger partial charge is 0.0841 e. The second kappa shape index (κ2) is 66.1. The summed E-state index contributed by atoms with van der Waals surface area (Å²) < 4.78 is 0. The lowest BCUT2D eigenvalue weighted by Gasteiger charge is -2.60. The maximum absolute atomic E-state index is 3.23. The van der Waals surface area contributed by atoms with E-state index in [9.17, 15) is 0 Å². The lowest BCUT2D eigenvalue weighted by molar-refractivity contribution is 0.233. The predicted octanol–water partition coefficient (Wildman–Crippen LogP) is 37.7. The third-order valence-corrected chi connectivity index (χ3v) is 27.7. The van der Waals surface area contributed by atoms with Gasteiger partial charge in [-0.05, 0) is 154 Å². The van der Waals surface area contributed by atoms with E-state index in [-0.39, 0.29) is 10.8 Å². The van der Waals surface area contributed by atoms with Crippen LogP contribution in [0.1, 0.15) is 578 Å². The van der Waals surface area contributed by atoms with Crippen molar-refractivity contribution in [2.45, 2.75) is 578 Å². The molecule has 0 radical (unpaired) electrons. The van der Waals surface area contributed by atoms with Gasteiger partial charge in [0.15, 0.2) is 0 Å². The summed E-state index contributed by atoms with van der Waals surface area (Å²) in [6.07, 6.45) is 148. The van der Waals surface area contributed by atoms with E-state index in [0.717, 1.165) is 0 Å². The molecule has 0 saturated heterocycles. The molecule has 0 atom stereocenters. The predicted molar refractivity (Wildman–Crippen MR) is 469 cm³/mol. The van der Waals surface area contributed by atoms with Crippen LogP contribution in [0.5, 0.6) is 0 Å². The van der Waals surface area contributed by atoms with Crippen molar-refractivity contribution >= 4 is 0 Å². The van der Waals surface area contributed by atoms with Gasteiger partial charge in [-0.3, -0.25) is 0 Å². The standard InChI is InChI=1S/C104H186/c1-2-14-26-38-50-62-74-86-97(85-73-61-49-37-25-13-1)103(98-87-75-63-51-39-27-15-3-4-16-28-40-52-64-76-88-98,99-89-77-65-53-41-29-17-5-6-18-30-42-54-66-78-90-99)104(100-91-79-67-55-43-31-19-7-8-20-32-44-56-68-80-92-100,101-93-81-69-57-45-33-21-9-10-22-34-46-58-70-82-94-101)102-95-83-71-59-47-35-23-11-12-24-36-48-60-72-84-96-102/h85,87,89,91,93,95H,1-84,86,88,90,92,94,96H2. The van der Waals surface area contributed by atoms with E-state index < -0.39 is 0 Å². The summed E-state index contributed by atoms with van der Waals surface area (Å²) in [5.41, 5.74) is 11.7. The summed E-state index contributed by atoms with van der Waals surface area (Å²) in [5.74, 6) is 0. The molecule has 0 heteroatoms. The fourth-order valence-electron chi connectivity index (χ4n) is 21.4. The lowest BCUT2D eigenvalue weighted by atomic mass is 9.42. The van der Waals surface area contributed by atoms with Gasteiger partial charge >= 0.3 is 0 Å². The zero-order chi connectivity index (χ0) is 72.3. The fourth-order valence-corrected chi connectivity index (χ4v) is 21.4.